The predicted molar refractivity (Wildman–Crippen MR) is 82.8 cm³/mol. The van der Waals surface area contributed by atoms with Crippen molar-refractivity contribution in [2.45, 2.75) is 25.9 Å². The molecule has 1 aromatic carbocycles. The summed E-state index contributed by atoms with van der Waals surface area (Å²) >= 11 is 1.36. The maximum Gasteiger partial charge on any atom is 0.341 e. The molecule has 0 aliphatic carbocycles. The van der Waals surface area contributed by atoms with Crippen molar-refractivity contribution in [3.8, 4) is 5.75 Å². The highest BCUT2D eigenvalue weighted by molar-refractivity contribution is 7.14. The number of hydrogen-bond donors (Lipinski definition) is 1. The first-order valence-corrected chi connectivity index (χ1v) is 7.87. The fourth-order valence-corrected chi connectivity index (χ4v) is 3.43. The second-order valence-electron chi connectivity index (χ2n) is 4.90. The summed E-state index contributed by atoms with van der Waals surface area (Å²) in [4.78, 5) is 12.1. The van der Waals surface area contributed by atoms with E-state index in [2.05, 4.69) is 6.07 Å². The Morgan fingerprint density at radius 3 is 3.10 bits per heavy atom. The summed E-state index contributed by atoms with van der Waals surface area (Å²) in [6.07, 6.45) is 1.62. The van der Waals surface area contributed by atoms with Gasteiger partial charge in [0, 0.05) is 10.9 Å². The van der Waals surface area contributed by atoms with Crippen LogP contribution >= 0.6 is 11.3 Å². The molecule has 110 valence electrons. The van der Waals surface area contributed by atoms with Crippen LogP contribution in [-0.4, -0.2) is 12.6 Å². The Kier molecular flexibility index (Phi) is 3.84. The molecule has 0 saturated carbocycles. The van der Waals surface area contributed by atoms with E-state index in [-0.39, 0.29) is 12.1 Å². The van der Waals surface area contributed by atoms with E-state index in [9.17, 15) is 4.79 Å². The Balaban J connectivity index is 1.91. The van der Waals surface area contributed by atoms with Gasteiger partial charge in [-0.25, -0.2) is 4.79 Å². The minimum absolute atomic E-state index is 0.146. The normalized spacial score (nSPS) is 16.9. The van der Waals surface area contributed by atoms with Gasteiger partial charge in [0.1, 0.15) is 22.4 Å². The van der Waals surface area contributed by atoms with E-state index in [0.717, 1.165) is 24.2 Å². The third-order valence-electron chi connectivity index (χ3n) is 3.59. The minimum Gasteiger partial charge on any atom is -0.485 e. The molecule has 3 rings (SSSR count). The van der Waals surface area contributed by atoms with Gasteiger partial charge in [-0.05, 0) is 31.4 Å². The van der Waals surface area contributed by atoms with Gasteiger partial charge in [-0.2, -0.15) is 0 Å². The zero-order valence-corrected chi connectivity index (χ0v) is 12.6. The molecule has 21 heavy (non-hydrogen) atoms. The summed E-state index contributed by atoms with van der Waals surface area (Å²) in [7, 11) is 0. The fourth-order valence-electron chi connectivity index (χ4n) is 2.59. The largest absolute Gasteiger partial charge is 0.485 e. The standard InChI is InChI=1S/C16H17NO3S/c1-2-19-16(18)14-11(9-21-15(14)17)13-8-7-10-5-3-4-6-12(10)20-13/h3-6,9,13H,2,7-8,17H2,1H3. The average molecular weight is 303 g/mol. The number of para-hydroxylation sites is 1. The lowest BCUT2D eigenvalue weighted by Gasteiger charge is -2.26. The number of ether oxygens (including phenoxy) is 2. The van der Waals surface area contributed by atoms with Gasteiger partial charge in [-0.15, -0.1) is 11.3 Å². The van der Waals surface area contributed by atoms with Gasteiger partial charge < -0.3 is 15.2 Å². The van der Waals surface area contributed by atoms with E-state index in [4.69, 9.17) is 15.2 Å². The molecule has 0 spiro atoms. The lowest BCUT2D eigenvalue weighted by molar-refractivity contribution is 0.0521. The molecule has 1 aliphatic heterocycles. The Bertz CT molecular complexity index is 665. The number of fused-ring (bicyclic) bond motifs is 1. The van der Waals surface area contributed by atoms with Crippen molar-refractivity contribution < 1.29 is 14.3 Å². The number of carbonyl (C=O) groups excluding carboxylic acids is 1. The summed E-state index contributed by atoms with van der Waals surface area (Å²) in [5, 5.41) is 2.39. The van der Waals surface area contributed by atoms with Gasteiger partial charge in [0.25, 0.3) is 0 Å². The zero-order valence-electron chi connectivity index (χ0n) is 11.8. The van der Waals surface area contributed by atoms with E-state index in [1.54, 1.807) is 6.92 Å². The Morgan fingerprint density at radius 1 is 1.48 bits per heavy atom. The van der Waals surface area contributed by atoms with E-state index in [1.165, 1.54) is 16.9 Å². The number of rotatable bonds is 3. The molecule has 0 bridgehead atoms. The Morgan fingerprint density at radius 2 is 2.29 bits per heavy atom. The van der Waals surface area contributed by atoms with Gasteiger partial charge in [-0.3, -0.25) is 0 Å². The minimum atomic E-state index is -0.367. The molecule has 2 heterocycles. The van der Waals surface area contributed by atoms with Crippen LogP contribution in [-0.2, 0) is 11.2 Å². The van der Waals surface area contributed by atoms with Crippen LogP contribution in [0.2, 0.25) is 0 Å². The number of aryl methyl sites for hydroxylation is 1. The number of benzene rings is 1. The van der Waals surface area contributed by atoms with Crippen molar-refractivity contribution in [3.05, 3.63) is 46.3 Å². The van der Waals surface area contributed by atoms with Crippen LogP contribution in [0, 0.1) is 0 Å². The van der Waals surface area contributed by atoms with Crippen LogP contribution in [0.25, 0.3) is 0 Å². The van der Waals surface area contributed by atoms with Gasteiger partial charge >= 0.3 is 5.97 Å². The number of nitrogen functional groups attached to an aromatic ring is 1. The van der Waals surface area contributed by atoms with Crippen molar-refractivity contribution in [1.29, 1.82) is 0 Å². The second-order valence-corrected chi connectivity index (χ2v) is 5.81. The third-order valence-corrected chi connectivity index (χ3v) is 4.42. The number of carbonyl (C=O) groups is 1. The van der Waals surface area contributed by atoms with Gasteiger partial charge in [0.05, 0.1) is 6.61 Å². The van der Waals surface area contributed by atoms with Crippen LogP contribution in [0.15, 0.2) is 29.6 Å². The molecule has 4 nitrogen and oxygen atoms in total. The SMILES string of the molecule is CCOC(=O)c1c(C2CCc3ccccc3O2)csc1N. The van der Waals surface area contributed by atoms with E-state index >= 15 is 0 Å². The van der Waals surface area contributed by atoms with Crippen LogP contribution in [0.4, 0.5) is 5.00 Å². The molecule has 0 fully saturated rings. The number of esters is 1. The van der Waals surface area contributed by atoms with Crippen molar-refractivity contribution in [2.75, 3.05) is 12.3 Å². The molecule has 1 unspecified atom stereocenters. The predicted octanol–water partition coefficient (Wildman–Crippen LogP) is 3.57. The van der Waals surface area contributed by atoms with E-state index in [1.807, 2.05) is 23.6 Å². The first-order valence-electron chi connectivity index (χ1n) is 6.99. The van der Waals surface area contributed by atoms with Crippen LogP contribution in [0.3, 0.4) is 0 Å². The maximum absolute atomic E-state index is 12.1. The average Bonchev–Trinajstić information content (AvgIpc) is 2.89. The van der Waals surface area contributed by atoms with Crippen LogP contribution in [0.5, 0.6) is 5.75 Å². The topological polar surface area (TPSA) is 61.5 Å². The lowest BCUT2D eigenvalue weighted by Crippen LogP contribution is -2.18. The summed E-state index contributed by atoms with van der Waals surface area (Å²) < 4.78 is 11.1. The van der Waals surface area contributed by atoms with Gasteiger partial charge in [0.15, 0.2) is 0 Å². The first kappa shape index (κ1) is 13.9. The highest BCUT2D eigenvalue weighted by atomic mass is 32.1. The summed E-state index contributed by atoms with van der Waals surface area (Å²) in [5.74, 6) is 0.516. The van der Waals surface area contributed by atoms with Crippen molar-refractivity contribution in [2.24, 2.45) is 0 Å². The van der Waals surface area contributed by atoms with Crippen molar-refractivity contribution in [3.63, 3.8) is 0 Å². The second kappa shape index (κ2) is 5.77. The molecular weight excluding hydrogens is 286 g/mol. The fraction of sp³-hybridized carbons (Fsp3) is 0.312. The highest BCUT2D eigenvalue weighted by Crippen LogP contribution is 2.39. The van der Waals surface area contributed by atoms with Crippen molar-refractivity contribution >= 4 is 22.3 Å². The molecule has 2 N–H and O–H groups in total. The summed E-state index contributed by atoms with van der Waals surface area (Å²) in [6.45, 7) is 2.12. The highest BCUT2D eigenvalue weighted by Gasteiger charge is 2.28. The third kappa shape index (κ3) is 2.61. The van der Waals surface area contributed by atoms with E-state index < -0.39 is 0 Å². The monoisotopic (exact) mass is 303 g/mol. The molecule has 1 atom stereocenters. The van der Waals surface area contributed by atoms with Gasteiger partial charge in [0.2, 0.25) is 0 Å². The molecular formula is C16H17NO3S. The zero-order chi connectivity index (χ0) is 14.8. The van der Waals surface area contributed by atoms with E-state index in [0.29, 0.717) is 17.2 Å². The lowest BCUT2D eigenvalue weighted by atomic mass is 9.97. The first-order chi connectivity index (χ1) is 10.2. The number of nitrogens with two attached hydrogens (primary N) is 1. The molecule has 0 radical (unpaired) electrons. The summed E-state index contributed by atoms with van der Waals surface area (Å²) in [6, 6.07) is 7.99. The molecule has 0 saturated heterocycles. The van der Waals surface area contributed by atoms with Crippen molar-refractivity contribution in [1.82, 2.24) is 0 Å². The molecule has 2 aromatic rings. The number of hydrogen-bond acceptors (Lipinski definition) is 5. The Hall–Kier alpha value is -2.01. The Labute approximate surface area is 127 Å². The smallest absolute Gasteiger partial charge is 0.341 e. The molecule has 1 aromatic heterocycles. The number of anilines is 1. The molecule has 5 heteroatoms. The quantitative estimate of drug-likeness (QED) is 0.880. The van der Waals surface area contributed by atoms with Crippen LogP contribution < -0.4 is 10.5 Å². The van der Waals surface area contributed by atoms with Crippen LogP contribution in [0.1, 0.15) is 40.9 Å². The van der Waals surface area contributed by atoms with Gasteiger partial charge in [-0.1, -0.05) is 18.2 Å². The molecule has 0 amide bonds. The molecule has 1 aliphatic rings. The maximum atomic E-state index is 12.1. The summed E-state index contributed by atoms with van der Waals surface area (Å²) in [5.41, 5.74) is 8.44. The number of thiophene rings is 1.